The lowest BCUT2D eigenvalue weighted by atomic mass is 10.2. The zero-order valence-electron chi connectivity index (χ0n) is 11.6. The summed E-state index contributed by atoms with van der Waals surface area (Å²) in [6.45, 7) is 0.225. The maximum Gasteiger partial charge on any atom is 0.257 e. The van der Waals surface area contributed by atoms with E-state index in [4.69, 9.17) is 4.52 Å². The summed E-state index contributed by atoms with van der Waals surface area (Å²) in [4.78, 5) is 16.0. The molecule has 0 fully saturated rings. The van der Waals surface area contributed by atoms with E-state index in [1.54, 1.807) is 17.4 Å². The lowest BCUT2D eigenvalue weighted by molar-refractivity contribution is -0.116. The summed E-state index contributed by atoms with van der Waals surface area (Å²) in [6, 6.07) is 11.4. The molecule has 6 heteroatoms. The van der Waals surface area contributed by atoms with Crippen LogP contribution in [0.15, 0.2) is 57.8 Å². The van der Waals surface area contributed by atoms with Crippen LogP contribution in [0.5, 0.6) is 0 Å². The number of thiophene rings is 1. The molecule has 2 heterocycles. The molecule has 0 atom stereocenters. The van der Waals surface area contributed by atoms with Gasteiger partial charge in [0.15, 0.2) is 5.82 Å². The van der Waals surface area contributed by atoms with Gasteiger partial charge in [-0.15, -0.1) is 0 Å². The second-order valence-corrected chi connectivity index (χ2v) is 5.27. The van der Waals surface area contributed by atoms with Gasteiger partial charge in [-0.05, 0) is 40.6 Å². The molecular formula is C16H13N3O2S. The fraction of sp³-hybridized carbons (Fsp3) is 0.0625. The van der Waals surface area contributed by atoms with Crippen LogP contribution < -0.4 is 5.32 Å². The fourth-order valence-corrected chi connectivity index (χ4v) is 2.42. The first-order valence-corrected chi connectivity index (χ1v) is 7.62. The van der Waals surface area contributed by atoms with Gasteiger partial charge in [0.2, 0.25) is 5.91 Å². The molecule has 0 aliphatic rings. The van der Waals surface area contributed by atoms with Gasteiger partial charge in [0.1, 0.15) is 0 Å². The maximum atomic E-state index is 11.7. The van der Waals surface area contributed by atoms with Crippen LogP contribution in [0, 0.1) is 0 Å². The van der Waals surface area contributed by atoms with Gasteiger partial charge >= 0.3 is 0 Å². The van der Waals surface area contributed by atoms with Crippen molar-refractivity contribution in [3.8, 4) is 11.5 Å². The first kappa shape index (κ1) is 14.2. The van der Waals surface area contributed by atoms with Gasteiger partial charge in [-0.25, -0.2) is 0 Å². The van der Waals surface area contributed by atoms with Gasteiger partial charge in [-0.1, -0.05) is 23.4 Å². The Hall–Kier alpha value is -2.73. The Morgan fingerprint density at radius 1 is 1.27 bits per heavy atom. The average Bonchev–Trinajstić information content (AvgIpc) is 3.23. The molecule has 0 saturated heterocycles. The van der Waals surface area contributed by atoms with Gasteiger partial charge in [0.25, 0.3) is 5.89 Å². The Balaban J connectivity index is 1.56. The smallest absolute Gasteiger partial charge is 0.257 e. The third-order valence-corrected chi connectivity index (χ3v) is 3.58. The van der Waals surface area contributed by atoms with E-state index in [9.17, 15) is 4.79 Å². The summed E-state index contributed by atoms with van der Waals surface area (Å²) in [6.07, 6.45) is 3.25. The highest BCUT2D eigenvalue weighted by Gasteiger charge is 2.08. The summed E-state index contributed by atoms with van der Waals surface area (Å²) in [7, 11) is 0. The molecule has 3 rings (SSSR count). The number of nitrogens with zero attached hydrogens (tertiary/aromatic N) is 2. The van der Waals surface area contributed by atoms with Crippen LogP contribution in [0.4, 0.5) is 0 Å². The van der Waals surface area contributed by atoms with Crippen LogP contribution in [0.2, 0.25) is 0 Å². The molecule has 0 spiro atoms. The van der Waals surface area contributed by atoms with Crippen molar-refractivity contribution in [1.29, 1.82) is 0 Å². The number of nitrogens with one attached hydrogen (secondary N) is 1. The predicted octanol–water partition coefficient (Wildman–Crippen LogP) is 3.13. The van der Waals surface area contributed by atoms with Crippen molar-refractivity contribution in [2.75, 3.05) is 0 Å². The molecule has 1 aromatic carbocycles. The van der Waals surface area contributed by atoms with Crippen molar-refractivity contribution < 1.29 is 9.32 Å². The van der Waals surface area contributed by atoms with Gasteiger partial charge < -0.3 is 9.84 Å². The molecule has 0 aliphatic heterocycles. The standard InChI is InChI=1S/C16H13N3O2S/c20-15(7-6-12-8-9-22-11-12)17-10-14-18-16(21-19-14)13-4-2-1-3-5-13/h1-9,11H,10H2,(H,17,20)/b7-6-. The van der Waals surface area contributed by atoms with Crippen molar-refractivity contribution in [1.82, 2.24) is 15.5 Å². The van der Waals surface area contributed by atoms with E-state index < -0.39 is 0 Å². The predicted molar refractivity (Wildman–Crippen MR) is 84.9 cm³/mol. The van der Waals surface area contributed by atoms with Crippen molar-refractivity contribution in [3.05, 3.63) is 64.6 Å². The highest BCUT2D eigenvalue weighted by molar-refractivity contribution is 7.08. The minimum atomic E-state index is -0.197. The minimum absolute atomic E-state index is 0.197. The van der Waals surface area contributed by atoms with Crippen LogP contribution >= 0.6 is 11.3 Å². The van der Waals surface area contributed by atoms with E-state index in [2.05, 4.69) is 15.5 Å². The van der Waals surface area contributed by atoms with E-state index in [-0.39, 0.29) is 12.5 Å². The van der Waals surface area contributed by atoms with Gasteiger partial charge in [0, 0.05) is 11.6 Å². The molecule has 5 nitrogen and oxygen atoms in total. The third-order valence-electron chi connectivity index (χ3n) is 2.88. The summed E-state index contributed by atoms with van der Waals surface area (Å²) in [5.74, 6) is 0.687. The number of rotatable bonds is 5. The largest absolute Gasteiger partial charge is 0.345 e. The Morgan fingerprint density at radius 2 is 2.14 bits per heavy atom. The summed E-state index contributed by atoms with van der Waals surface area (Å²) in [5, 5.41) is 10.5. The van der Waals surface area contributed by atoms with Crippen molar-refractivity contribution in [2.45, 2.75) is 6.54 Å². The number of carbonyl (C=O) groups excluding carboxylic acids is 1. The van der Waals surface area contributed by atoms with E-state index in [1.807, 2.05) is 47.2 Å². The summed E-state index contributed by atoms with van der Waals surface area (Å²) in [5.41, 5.74) is 1.86. The van der Waals surface area contributed by atoms with Gasteiger partial charge in [-0.2, -0.15) is 16.3 Å². The summed E-state index contributed by atoms with van der Waals surface area (Å²) >= 11 is 1.59. The van der Waals surface area contributed by atoms with Crippen LogP contribution in [-0.2, 0) is 11.3 Å². The number of hydrogen-bond acceptors (Lipinski definition) is 5. The second kappa shape index (κ2) is 6.82. The monoisotopic (exact) mass is 311 g/mol. The molecule has 1 amide bonds. The maximum absolute atomic E-state index is 11.7. The van der Waals surface area contributed by atoms with E-state index in [0.717, 1.165) is 11.1 Å². The van der Waals surface area contributed by atoms with Gasteiger partial charge in [0.05, 0.1) is 6.54 Å². The molecular weight excluding hydrogens is 298 g/mol. The van der Waals surface area contributed by atoms with E-state index in [0.29, 0.717) is 11.7 Å². The number of aromatic nitrogens is 2. The number of amides is 1. The molecule has 3 aromatic rings. The Morgan fingerprint density at radius 3 is 2.91 bits per heavy atom. The number of carbonyl (C=O) groups is 1. The van der Waals surface area contributed by atoms with Crippen molar-refractivity contribution in [3.63, 3.8) is 0 Å². The normalized spacial score (nSPS) is 10.9. The van der Waals surface area contributed by atoms with Crippen LogP contribution in [0.1, 0.15) is 11.4 Å². The molecule has 2 aromatic heterocycles. The average molecular weight is 311 g/mol. The lowest BCUT2D eigenvalue weighted by Crippen LogP contribution is -2.20. The molecule has 0 saturated carbocycles. The number of hydrogen-bond donors (Lipinski definition) is 1. The SMILES string of the molecule is O=C(/C=C\c1ccsc1)NCc1noc(-c2ccccc2)n1. The number of benzene rings is 1. The zero-order valence-corrected chi connectivity index (χ0v) is 12.4. The lowest BCUT2D eigenvalue weighted by Gasteiger charge is -1.96. The minimum Gasteiger partial charge on any atom is -0.345 e. The van der Waals surface area contributed by atoms with E-state index >= 15 is 0 Å². The molecule has 22 heavy (non-hydrogen) atoms. The third kappa shape index (κ3) is 3.67. The molecule has 0 bridgehead atoms. The zero-order chi connectivity index (χ0) is 15.2. The highest BCUT2D eigenvalue weighted by Crippen LogP contribution is 2.15. The van der Waals surface area contributed by atoms with Crippen LogP contribution in [0.3, 0.4) is 0 Å². The Bertz CT molecular complexity index is 764. The van der Waals surface area contributed by atoms with Crippen molar-refractivity contribution >= 4 is 23.3 Å². The molecule has 110 valence electrons. The first-order chi connectivity index (χ1) is 10.8. The van der Waals surface area contributed by atoms with Crippen LogP contribution in [0.25, 0.3) is 17.5 Å². The quantitative estimate of drug-likeness (QED) is 0.735. The Labute approximate surface area is 131 Å². The molecule has 0 radical (unpaired) electrons. The van der Waals surface area contributed by atoms with Crippen LogP contribution in [-0.4, -0.2) is 16.0 Å². The molecule has 0 unspecified atom stereocenters. The van der Waals surface area contributed by atoms with Gasteiger partial charge in [-0.3, -0.25) is 4.79 Å². The topological polar surface area (TPSA) is 68.0 Å². The van der Waals surface area contributed by atoms with Crippen molar-refractivity contribution in [2.24, 2.45) is 0 Å². The molecule has 1 N–H and O–H groups in total. The second-order valence-electron chi connectivity index (χ2n) is 4.49. The Kier molecular flexibility index (Phi) is 4.41. The first-order valence-electron chi connectivity index (χ1n) is 6.67. The highest BCUT2D eigenvalue weighted by atomic mass is 32.1. The van der Waals surface area contributed by atoms with E-state index in [1.165, 1.54) is 6.08 Å². The fourth-order valence-electron chi connectivity index (χ4n) is 1.79. The molecule has 0 aliphatic carbocycles. The summed E-state index contributed by atoms with van der Waals surface area (Å²) < 4.78 is 5.17.